The third kappa shape index (κ3) is 2.56. The molecule has 0 radical (unpaired) electrons. The lowest BCUT2D eigenvalue weighted by atomic mass is 10.1. The molecule has 0 saturated carbocycles. The zero-order chi connectivity index (χ0) is 8.81. The van der Waals surface area contributed by atoms with Crippen molar-refractivity contribution in [1.82, 2.24) is 0 Å². The van der Waals surface area contributed by atoms with E-state index in [1.165, 1.54) is 0 Å². The Labute approximate surface area is 77.8 Å². The number of nitrogens with zero attached hydrogens (tertiary/aromatic N) is 1. The van der Waals surface area contributed by atoms with Gasteiger partial charge in [-0.1, -0.05) is 29.8 Å². The van der Waals surface area contributed by atoms with Crippen LogP contribution in [0, 0.1) is 6.57 Å². The van der Waals surface area contributed by atoms with Crippen LogP contribution < -0.4 is 0 Å². The van der Waals surface area contributed by atoms with Crippen LogP contribution in [0.4, 0.5) is 0 Å². The zero-order valence-electron chi connectivity index (χ0n) is 6.76. The highest BCUT2D eigenvalue weighted by Gasteiger charge is 1.98. The van der Waals surface area contributed by atoms with Crippen molar-refractivity contribution in [2.24, 2.45) is 0 Å². The van der Waals surface area contributed by atoms with Crippen molar-refractivity contribution >= 4 is 11.6 Å². The summed E-state index contributed by atoms with van der Waals surface area (Å²) in [7, 11) is 0. The number of halogens is 1. The predicted molar refractivity (Wildman–Crippen MR) is 51.2 cm³/mol. The smallest absolute Gasteiger partial charge is 0.215 e. The maximum absolute atomic E-state index is 6.61. The average molecular weight is 180 g/mol. The third-order valence-corrected chi connectivity index (χ3v) is 2.04. The standard InChI is InChI=1S/C10H10ClN/c1-12-8-4-6-9-5-2-3-7-10(9)11/h2-3,5,7H,4,6,8H2. The molecule has 0 spiro atoms. The first kappa shape index (κ1) is 9.09. The van der Waals surface area contributed by atoms with Gasteiger partial charge in [0.05, 0.1) is 0 Å². The molecule has 0 bridgehead atoms. The maximum atomic E-state index is 6.61. The molecular formula is C10H10ClN. The minimum atomic E-state index is 0.589. The average Bonchev–Trinajstić information content (AvgIpc) is 2.09. The Morgan fingerprint density at radius 2 is 2.08 bits per heavy atom. The van der Waals surface area contributed by atoms with Crippen LogP contribution in [-0.4, -0.2) is 6.54 Å². The molecule has 0 atom stereocenters. The zero-order valence-corrected chi connectivity index (χ0v) is 7.51. The van der Waals surface area contributed by atoms with Crippen LogP contribution in [0.1, 0.15) is 12.0 Å². The Kier molecular flexibility index (Phi) is 3.63. The van der Waals surface area contributed by atoms with Gasteiger partial charge in [-0.05, 0) is 18.1 Å². The van der Waals surface area contributed by atoms with Crippen molar-refractivity contribution < 1.29 is 0 Å². The molecule has 1 nitrogen and oxygen atoms in total. The molecule has 1 rings (SSSR count). The molecule has 0 N–H and O–H groups in total. The van der Waals surface area contributed by atoms with Gasteiger partial charge < -0.3 is 4.85 Å². The summed E-state index contributed by atoms with van der Waals surface area (Å²) in [6, 6.07) is 7.78. The summed E-state index contributed by atoms with van der Waals surface area (Å²) in [5.74, 6) is 0. The van der Waals surface area contributed by atoms with Crippen LogP contribution in [0.25, 0.3) is 4.85 Å². The van der Waals surface area contributed by atoms with Crippen molar-refractivity contribution in [3.05, 3.63) is 46.3 Å². The molecule has 62 valence electrons. The van der Waals surface area contributed by atoms with Gasteiger partial charge in [-0.2, -0.15) is 0 Å². The fraction of sp³-hybridized carbons (Fsp3) is 0.300. The molecule has 0 amide bonds. The minimum Gasteiger partial charge on any atom is -0.317 e. The molecule has 2 heteroatoms. The summed E-state index contributed by atoms with van der Waals surface area (Å²) in [5, 5.41) is 0.808. The maximum Gasteiger partial charge on any atom is 0.215 e. The van der Waals surface area contributed by atoms with Gasteiger partial charge >= 0.3 is 0 Å². The minimum absolute atomic E-state index is 0.589. The van der Waals surface area contributed by atoms with Gasteiger partial charge in [0.15, 0.2) is 0 Å². The lowest BCUT2D eigenvalue weighted by Crippen LogP contribution is -1.87. The van der Waals surface area contributed by atoms with E-state index in [1.807, 2.05) is 24.3 Å². The van der Waals surface area contributed by atoms with E-state index in [9.17, 15) is 0 Å². The van der Waals surface area contributed by atoms with E-state index in [-0.39, 0.29) is 0 Å². The first-order chi connectivity index (χ1) is 5.84. The second kappa shape index (κ2) is 4.79. The Bertz CT molecular complexity index is 288. The number of aryl methyl sites for hydroxylation is 1. The molecule has 0 fully saturated rings. The third-order valence-electron chi connectivity index (χ3n) is 1.67. The van der Waals surface area contributed by atoms with E-state index in [4.69, 9.17) is 18.2 Å². The molecule has 0 unspecified atom stereocenters. The number of benzene rings is 1. The summed E-state index contributed by atoms with van der Waals surface area (Å²) >= 11 is 5.93. The topological polar surface area (TPSA) is 4.36 Å². The Morgan fingerprint density at radius 3 is 2.75 bits per heavy atom. The molecule has 0 aliphatic carbocycles. The Balaban J connectivity index is 2.53. The van der Waals surface area contributed by atoms with Crippen molar-refractivity contribution in [2.75, 3.05) is 6.54 Å². The number of hydrogen-bond acceptors (Lipinski definition) is 0. The molecule has 0 aliphatic rings. The summed E-state index contributed by atoms with van der Waals surface area (Å²) in [4.78, 5) is 3.29. The molecule has 0 aromatic heterocycles. The van der Waals surface area contributed by atoms with Crippen molar-refractivity contribution in [2.45, 2.75) is 12.8 Å². The van der Waals surface area contributed by atoms with Gasteiger partial charge in [0.2, 0.25) is 6.54 Å². The molecule has 1 aromatic carbocycles. The van der Waals surface area contributed by atoms with Gasteiger partial charge in [0.25, 0.3) is 0 Å². The van der Waals surface area contributed by atoms with Crippen LogP contribution in [0.2, 0.25) is 5.02 Å². The molecule has 1 aromatic rings. The quantitative estimate of drug-likeness (QED) is 0.496. The molecule has 0 saturated heterocycles. The number of rotatable bonds is 3. The fourth-order valence-electron chi connectivity index (χ4n) is 1.05. The van der Waals surface area contributed by atoms with E-state index in [0.717, 1.165) is 23.4 Å². The van der Waals surface area contributed by atoms with Gasteiger partial charge in [-0.25, -0.2) is 6.57 Å². The van der Waals surface area contributed by atoms with Crippen molar-refractivity contribution in [3.8, 4) is 0 Å². The summed E-state index contributed by atoms with van der Waals surface area (Å²) < 4.78 is 0. The second-order valence-corrected chi connectivity index (χ2v) is 2.98. The first-order valence-corrected chi connectivity index (χ1v) is 4.29. The molecule has 0 aliphatic heterocycles. The normalized spacial score (nSPS) is 9.33. The van der Waals surface area contributed by atoms with E-state index < -0.39 is 0 Å². The fourth-order valence-corrected chi connectivity index (χ4v) is 1.28. The van der Waals surface area contributed by atoms with Crippen LogP contribution in [0.3, 0.4) is 0 Å². The molecule has 0 heterocycles. The molecule has 12 heavy (non-hydrogen) atoms. The van der Waals surface area contributed by atoms with E-state index in [2.05, 4.69) is 4.85 Å². The van der Waals surface area contributed by atoms with E-state index in [1.54, 1.807) is 0 Å². The number of hydrogen-bond donors (Lipinski definition) is 0. The Morgan fingerprint density at radius 1 is 1.33 bits per heavy atom. The van der Waals surface area contributed by atoms with Crippen molar-refractivity contribution in [3.63, 3.8) is 0 Å². The van der Waals surface area contributed by atoms with Gasteiger partial charge in [0.1, 0.15) is 0 Å². The SMILES string of the molecule is [C-]#[N+]CCCc1ccccc1Cl. The van der Waals surface area contributed by atoms with Crippen LogP contribution in [-0.2, 0) is 6.42 Å². The highest BCUT2D eigenvalue weighted by molar-refractivity contribution is 6.31. The lowest BCUT2D eigenvalue weighted by Gasteiger charge is -1.99. The Hall–Kier alpha value is -1.00. The van der Waals surface area contributed by atoms with E-state index in [0.29, 0.717) is 6.54 Å². The van der Waals surface area contributed by atoms with Crippen LogP contribution in [0.5, 0.6) is 0 Å². The predicted octanol–water partition coefficient (Wildman–Crippen LogP) is 3.19. The summed E-state index contributed by atoms with van der Waals surface area (Å²) in [6.07, 6.45) is 1.80. The van der Waals surface area contributed by atoms with Crippen LogP contribution in [0.15, 0.2) is 24.3 Å². The highest BCUT2D eigenvalue weighted by atomic mass is 35.5. The first-order valence-electron chi connectivity index (χ1n) is 3.91. The second-order valence-electron chi connectivity index (χ2n) is 2.58. The summed E-state index contributed by atoms with van der Waals surface area (Å²) in [6.45, 7) is 7.20. The summed E-state index contributed by atoms with van der Waals surface area (Å²) in [5.41, 5.74) is 1.14. The lowest BCUT2D eigenvalue weighted by molar-refractivity contribution is 0.892. The van der Waals surface area contributed by atoms with Gasteiger partial charge in [-0.3, -0.25) is 0 Å². The van der Waals surface area contributed by atoms with Gasteiger partial charge in [0, 0.05) is 11.4 Å². The van der Waals surface area contributed by atoms with Gasteiger partial charge in [-0.15, -0.1) is 0 Å². The van der Waals surface area contributed by atoms with Crippen LogP contribution >= 0.6 is 11.6 Å². The van der Waals surface area contributed by atoms with Crippen molar-refractivity contribution in [1.29, 1.82) is 0 Å². The largest absolute Gasteiger partial charge is 0.317 e. The monoisotopic (exact) mass is 179 g/mol. The highest BCUT2D eigenvalue weighted by Crippen LogP contribution is 2.16. The molecular weight excluding hydrogens is 170 g/mol. The van der Waals surface area contributed by atoms with E-state index >= 15 is 0 Å².